The molecule has 0 radical (unpaired) electrons. The molecule has 0 amide bonds. The Balaban J connectivity index is 2.31. The van der Waals surface area contributed by atoms with Crippen molar-refractivity contribution in [1.82, 2.24) is 0 Å². The average Bonchev–Trinajstić information content (AvgIpc) is 2.65. The van der Waals surface area contributed by atoms with Gasteiger partial charge in [-0.05, 0) is 46.9 Å². The van der Waals surface area contributed by atoms with Crippen LogP contribution in [0.1, 0.15) is 23.1 Å². The quantitative estimate of drug-likeness (QED) is 0.606. The number of benzene rings is 3. The summed E-state index contributed by atoms with van der Waals surface area (Å²) in [6.07, 6.45) is 0.482. The fraction of sp³-hybridized carbons (Fsp3) is 0.0909. The van der Waals surface area contributed by atoms with Crippen molar-refractivity contribution in [1.29, 1.82) is 0 Å². The summed E-state index contributed by atoms with van der Waals surface area (Å²) in [5.74, 6) is 0.207. The first kappa shape index (κ1) is 17.3. The number of rotatable bonds is 5. The molecule has 0 fully saturated rings. The van der Waals surface area contributed by atoms with Crippen molar-refractivity contribution in [3.05, 3.63) is 101 Å². The number of hydrogen-bond donors (Lipinski definition) is 2. The van der Waals surface area contributed by atoms with Crippen molar-refractivity contribution in [2.45, 2.75) is 6.42 Å². The number of para-hydroxylation sites is 1. The number of hydrogen-bond acceptors (Lipinski definition) is 2. The van der Waals surface area contributed by atoms with Crippen LogP contribution >= 0.6 is 11.6 Å². The van der Waals surface area contributed by atoms with Crippen molar-refractivity contribution in [2.75, 3.05) is 6.61 Å². The van der Waals surface area contributed by atoms with Crippen molar-refractivity contribution < 1.29 is 10.2 Å². The molecule has 2 nitrogen and oxygen atoms in total. The van der Waals surface area contributed by atoms with E-state index >= 15 is 0 Å². The van der Waals surface area contributed by atoms with Crippen LogP contribution in [0, 0.1) is 0 Å². The molecule has 126 valence electrons. The normalized spacial score (nSPS) is 11.9. The van der Waals surface area contributed by atoms with Crippen molar-refractivity contribution in [2.24, 2.45) is 0 Å². The highest BCUT2D eigenvalue weighted by atomic mass is 35.5. The van der Waals surface area contributed by atoms with Gasteiger partial charge in [-0.2, -0.15) is 0 Å². The van der Waals surface area contributed by atoms with Crippen molar-refractivity contribution >= 4 is 22.7 Å². The van der Waals surface area contributed by atoms with Gasteiger partial charge in [0, 0.05) is 17.2 Å². The largest absolute Gasteiger partial charge is 0.507 e. The molecule has 0 aliphatic rings. The second-order valence-electron chi connectivity index (χ2n) is 5.72. The Morgan fingerprint density at radius 1 is 0.760 bits per heavy atom. The van der Waals surface area contributed by atoms with E-state index in [4.69, 9.17) is 11.6 Å². The van der Waals surface area contributed by atoms with Crippen LogP contribution in [0.15, 0.2) is 78.9 Å². The van der Waals surface area contributed by atoms with E-state index in [2.05, 4.69) is 0 Å². The third-order valence-corrected chi connectivity index (χ3v) is 4.34. The van der Waals surface area contributed by atoms with E-state index in [0.717, 1.165) is 27.8 Å². The van der Waals surface area contributed by atoms with Crippen LogP contribution in [0.4, 0.5) is 0 Å². The van der Waals surface area contributed by atoms with Crippen LogP contribution in [0.5, 0.6) is 5.75 Å². The lowest BCUT2D eigenvalue weighted by atomic mass is 9.87. The lowest BCUT2D eigenvalue weighted by Gasteiger charge is -2.18. The first-order chi connectivity index (χ1) is 12.2. The summed E-state index contributed by atoms with van der Waals surface area (Å²) in [7, 11) is 0. The highest BCUT2D eigenvalue weighted by Crippen LogP contribution is 2.38. The summed E-state index contributed by atoms with van der Waals surface area (Å²) in [5.41, 5.74) is 4.57. The molecular weight excluding hydrogens is 332 g/mol. The summed E-state index contributed by atoms with van der Waals surface area (Å²) >= 11 is 6.05. The molecule has 25 heavy (non-hydrogen) atoms. The van der Waals surface area contributed by atoms with Gasteiger partial charge in [0.15, 0.2) is 0 Å². The van der Waals surface area contributed by atoms with Gasteiger partial charge in [0.25, 0.3) is 0 Å². The van der Waals surface area contributed by atoms with Crippen LogP contribution < -0.4 is 0 Å². The zero-order chi connectivity index (χ0) is 17.6. The van der Waals surface area contributed by atoms with E-state index in [1.54, 1.807) is 12.1 Å². The maximum absolute atomic E-state index is 10.4. The Labute approximate surface area is 152 Å². The molecule has 0 saturated heterocycles. The number of aromatic hydroxyl groups is 1. The predicted octanol–water partition coefficient (Wildman–Crippen LogP) is 5.39. The summed E-state index contributed by atoms with van der Waals surface area (Å²) < 4.78 is 0. The van der Waals surface area contributed by atoms with E-state index < -0.39 is 0 Å². The molecule has 0 saturated carbocycles. The van der Waals surface area contributed by atoms with Gasteiger partial charge in [0.1, 0.15) is 5.75 Å². The zero-order valence-corrected chi connectivity index (χ0v) is 14.4. The summed E-state index contributed by atoms with van der Waals surface area (Å²) in [4.78, 5) is 0. The highest BCUT2D eigenvalue weighted by Gasteiger charge is 2.16. The molecule has 0 unspecified atom stereocenters. The lowest BCUT2D eigenvalue weighted by molar-refractivity contribution is 0.305. The van der Waals surface area contributed by atoms with Gasteiger partial charge in [0.2, 0.25) is 0 Å². The summed E-state index contributed by atoms with van der Waals surface area (Å²) in [5, 5.41) is 20.7. The topological polar surface area (TPSA) is 40.5 Å². The lowest BCUT2D eigenvalue weighted by Crippen LogP contribution is -1.98. The third kappa shape index (κ3) is 3.93. The zero-order valence-electron chi connectivity index (χ0n) is 13.7. The van der Waals surface area contributed by atoms with E-state index in [1.807, 2.05) is 66.7 Å². The molecular formula is C22H19ClO2. The van der Waals surface area contributed by atoms with E-state index in [-0.39, 0.29) is 12.4 Å². The maximum Gasteiger partial charge on any atom is 0.123 e. The number of phenols is 1. The molecule has 0 bridgehead atoms. The smallest absolute Gasteiger partial charge is 0.123 e. The minimum atomic E-state index is 0.0227. The minimum absolute atomic E-state index is 0.0227. The first-order valence-corrected chi connectivity index (χ1v) is 8.52. The number of halogens is 1. The maximum atomic E-state index is 10.4. The van der Waals surface area contributed by atoms with Crippen LogP contribution in [0.2, 0.25) is 5.02 Å². The average molecular weight is 351 g/mol. The van der Waals surface area contributed by atoms with E-state index in [1.165, 1.54) is 0 Å². The molecule has 2 N–H and O–H groups in total. The second kappa shape index (κ2) is 8.02. The minimum Gasteiger partial charge on any atom is -0.507 e. The van der Waals surface area contributed by atoms with Crippen LogP contribution in [-0.2, 0) is 0 Å². The molecule has 0 heterocycles. The van der Waals surface area contributed by atoms with Crippen molar-refractivity contribution in [3.63, 3.8) is 0 Å². The van der Waals surface area contributed by atoms with Gasteiger partial charge in [-0.1, -0.05) is 72.3 Å². The Kier molecular flexibility index (Phi) is 5.54. The Hall–Kier alpha value is -2.55. The van der Waals surface area contributed by atoms with Gasteiger partial charge >= 0.3 is 0 Å². The standard InChI is InChI=1S/C22H19ClO2/c23-18-12-10-17(11-13-18)22(20-8-4-5-9-21(20)25)19(14-15-24)16-6-2-1-3-7-16/h1-13,24-25H,14-15H2. The van der Waals surface area contributed by atoms with E-state index in [0.29, 0.717) is 11.4 Å². The van der Waals surface area contributed by atoms with Gasteiger partial charge in [-0.15, -0.1) is 0 Å². The second-order valence-corrected chi connectivity index (χ2v) is 6.15. The SMILES string of the molecule is OCCC(=C(c1ccc(Cl)cc1)c1ccccc1O)c1ccccc1. The van der Waals surface area contributed by atoms with E-state index in [9.17, 15) is 10.2 Å². The molecule has 3 heteroatoms. The van der Waals surface area contributed by atoms with Crippen LogP contribution in [0.3, 0.4) is 0 Å². The number of phenolic OH excluding ortho intramolecular Hbond substituents is 1. The van der Waals surface area contributed by atoms with Crippen LogP contribution in [-0.4, -0.2) is 16.8 Å². The molecule has 0 aliphatic carbocycles. The number of aliphatic hydroxyl groups excluding tert-OH is 1. The van der Waals surface area contributed by atoms with Gasteiger partial charge in [-0.25, -0.2) is 0 Å². The monoisotopic (exact) mass is 350 g/mol. The highest BCUT2D eigenvalue weighted by molar-refractivity contribution is 6.30. The van der Waals surface area contributed by atoms with Crippen LogP contribution in [0.25, 0.3) is 11.1 Å². The summed E-state index contributed by atoms with van der Waals surface area (Å²) in [6, 6.07) is 24.7. The molecule has 0 spiro atoms. The summed E-state index contributed by atoms with van der Waals surface area (Å²) in [6.45, 7) is 0.0227. The third-order valence-electron chi connectivity index (χ3n) is 4.09. The fourth-order valence-corrected chi connectivity index (χ4v) is 3.08. The Morgan fingerprint density at radius 3 is 2.04 bits per heavy atom. The first-order valence-electron chi connectivity index (χ1n) is 8.14. The van der Waals surface area contributed by atoms with Gasteiger partial charge in [-0.3, -0.25) is 0 Å². The Morgan fingerprint density at radius 2 is 1.40 bits per heavy atom. The molecule has 3 rings (SSSR count). The fourth-order valence-electron chi connectivity index (χ4n) is 2.96. The molecule has 0 aromatic heterocycles. The molecule has 0 atom stereocenters. The van der Waals surface area contributed by atoms with Crippen molar-refractivity contribution in [3.8, 4) is 5.75 Å². The van der Waals surface area contributed by atoms with Gasteiger partial charge in [0.05, 0.1) is 0 Å². The molecule has 3 aromatic carbocycles. The number of aliphatic hydroxyl groups is 1. The molecule has 3 aromatic rings. The predicted molar refractivity (Wildman–Crippen MR) is 104 cm³/mol. The Bertz CT molecular complexity index is 868. The van der Waals surface area contributed by atoms with Gasteiger partial charge < -0.3 is 10.2 Å². The molecule has 0 aliphatic heterocycles.